The number of benzene rings is 2. The van der Waals surface area contributed by atoms with Crippen molar-refractivity contribution >= 4 is 38.9 Å². The number of oxazole rings is 1. The zero-order chi connectivity index (χ0) is 18.2. The Hall–Kier alpha value is -2.02. The fourth-order valence-electron chi connectivity index (χ4n) is 2.25. The van der Waals surface area contributed by atoms with Crippen LogP contribution in [-0.4, -0.2) is 20.4 Å². The van der Waals surface area contributed by atoms with Gasteiger partial charge in [-0.25, -0.2) is 8.42 Å². The average molecular weight is 397 g/mol. The number of nitrogens with zero attached hydrogens (tertiary/aromatic N) is 1. The van der Waals surface area contributed by atoms with E-state index in [0.29, 0.717) is 15.6 Å². The number of rotatable bonds is 4. The zero-order valence-electron chi connectivity index (χ0n) is 13.4. The molecule has 25 heavy (non-hydrogen) atoms. The molecule has 1 heterocycles. The van der Waals surface area contributed by atoms with E-state index in [2.05, 4.69) is 10.3 Å². The van der Waals surface area contributed by atoms with E-state index >= 15 is 0 Å². The van der Waals surface area contributed by atoms with Crippen molar-refractivity contribution in [2.24, 2.45) is 0 Å². The average Bonchev–Trinajstić information content (AvgIpc) is 3.00. The molecule has 3 aromatic rings. The number of halogens is 2. The van der Waals surface area contributed by atoms with Crippen LogP contribution in [0.4, 0.5) is 5.88 Å². The van der Waals surface area contributed by atoms with Crippen molar-refractivity contribution in [1.82, 2.24) is 4.98 Å². The zero-order valence-corrected chi connectivity index (χ0v) is 15.7. The highest BCUT2D eigenvalue weighted by Crippen LogP contribution is 2.35. The van der Waals surface area contributed by atoms with Gasteiger partial charge in [0.25, 0.3) is 0 Å². The Kier molecular flexibility index (Phi) is 4.77. The third-order valence-corrected chi connectivity index (χ3v) is 5.80. The quantitative estimate of drug-likeness (QED) is 0.683. The van der Waals surface area contributed by atoms with Crippen LogP contribution < -0.4 is 5.32 Å². The molecule has 130 valence electrons. The molecule has 0 bridgehead atoms. The molecule has 0 saturated carbocycles. The standard InChI is InChI=1S/C17H14Cl2N2O3S/c1-10-3-6-12(7-4-10)25(22,23)17-16(20-2)24-15(21-17)13-8-5-11(18)9-14(13)19/h3-9,20H,1-2H3. The van der Waals surface area contributed by atoms with Crippen LogP contribution in [0.3, 0.4) is 0 Å². The number of hydrogen-bond acceptors (Lipinski definition) is 5. The summed E-state index contributed by atoms with van der Waals surface area (Å²) in [4.78, 5) is 4.30. The van der Waals surface area contributed by atoms with Gasteiger partial charge in [0.05, 0.1) is 15.5 Å². The highest BCUT2D eigenvalue weighted by Gasteiger charge is 2.28. The molecule has 0 saturated heterocycles. The van der Waals surface area contributed by atoms with E-state index in [-0.39, 0.29) is 21.7 Å². The summed E-state index contributed by atoms with van der Waals surface area (Å²) in [5, 5.41) is 3.31. The molecule has 1 aromatic heterocycles. The Morgan fingerprint density at radius 2 is 1.76 bits per heavy atom. The summed E-state index contributed by atoms with van der Waals surface area (Å²) in [7, 11) is -2.29. The van der Waals surface area contributed by atoms with Gasteiger partial charge in [-0.05, 0) is 37.3 Å². The molecule has 5 nitrogen and oxygen atoms in total. The summed E-state index contributed by atoms with van der Waals surface area (Å²) >= 11 is 12.1. The minimum absolute atomic E-state index is 0.0431. The van der Waals surface area contributed by atoms with Gasteiger partial charge in [0.15, 0.2) is 0 Å². The first-order valence-corrected chi connectivity index (χ1v) is 9.52. The van der Waals surface area contributed by atoms with Crippen LogP contribution in [0.1, 0.15) is 5.56 Å². The van der Waals surface area contributed by atoms with Gasteiger partial charge in [-0.3, -0.25) is 0 Å². The summed E-state index contributed by atoms with van der Waals surface area (Å²) in [5.74, 6) is 0.137. The van der Waals surface area contributed by atoms with Crippen molar-refractivity contribution in [2.45, 2.75) is 16.8 Å². The van der Waals surface area contributed by atoms with E-state index in [1.54, 1.807) is 31.3 Å². The van der Waals surface area contributed by atoms with Crippen LogP contribution in [0, 0.1) is 6.92 Å². The van der Waals surface area contributed by atoms with E-state index in [9.17, 15) is 8.42 Å². The second-order valence-electron chi connectivity index (χ2n) is 5.34. The minimum Gasteiger partial charge on any atom is -0.419 e. The lowest BCUT2D eigenvalue weighted by atomic mass is 10.2. The van der Waals surface area contributed by atoms with Crippen molar-refractivity contribution in [3.8, 4) is 11.5 Å². The molecule has 0 fully saturated rings. The number of hydrogen-bond donors (Lipinski definition) is 1. The summed E-state index contributed by atoms with van der Waals surface area (Å²) < 4.78 is 31.4. The molecule has 0 aliphatic heterocycles. The third-order valence-electron chi connectivity index (χ3n) is 3.57. The van der Waals surface area contributed by atoms with Crippen molar-refractivity contribution in [2.75, 3.05) is 12.4 Å². The van der Waals surface area contributed by atoms with Gasteiger partial charge in [-0.2, -0.15) is 4.98 Å². The first-order chi connectivity index (χ1) is 11.8. The number of nitrogens with one attached hydrogen (secondary N) is 1. The first kappa shape index (κ1) is 17.8. The van der Waals surface area contributed by atoms with E-state index < -0.39 is 9.84 Å². The second-order valence-corrected chi connectivity index (χ2v) is 8.05. The number of aryl methyl sites for hydroxylation is 1. The van der Waals surface area contributed by atoms with Gasteiger partial charge in [0.2, 0.25) is 26.6 Å². The van der Waals surface area contributed by atoms with Crippen LogP contribution in [0.2, 0.25) is 10.0 Å². The Morgan fingerprint density at radius 3 is 2.36 bits per heavy atom. The third kappa shape index (κ3) is 3.38. The topological polar surface area (TPSA) is 72.2 Å². The van der Waals surface area contributed by atoms with Gasteiger partial charge in [0.1, 0.15) is 0 Å². The Morgan fingerprint density at radius 1 is 1.08 bits per heavy atom. The van der Waals surface area contributed by atoms with Gasteiger partial charge in [-0.15, -0.1) is 0 Å². The highest BCUT2D eigenvalue weighted by atomic mass is 35.5. The number of aromatic nitrogens is 1. The summed E-state index contributed by atoms with van der Waals surface area (Å²) in [6, 6.07) is 11.3. The lowest BCUT2D eigenvalue weighted by Crippen LogP contribution is -2.05. The Balaban J connectivity index is 2.14. The normalized spacial score (nSPS) is 11.5. The molecular formula is C17H14Cl2N2O3S. The maximum atomic E-state index is 12.9. The molecule has 0 aliphatic carbocycles. The van der Waals surface area contributed by atoms with Crippen LogP contribution in [0.25, 0.3) is 11.5 Å². The lowest BCUT2D eigenvalue weighted by Gasteiger charge is -2.03. The summed E-state index contributed by atoms with van der Waals surface area (Å²) in [6.45, 7) is 1.88. The fourth-order valence-corrected chi connectivity index (χ4v) is 4.05. The predicted molar refractivity (Wildman–Crippen MR) is 98.1 cm³/mol. The molecule has 2 aromatic carbocycles. The van der Waals surface area contributed by atoms with Gasteiger partial charge < -0.3 is 9.73 Å². The van der Waals surface area contributed by atoms with Crippen LogP contribution in [-0.2, 0) is 9.84 Å². The molecule has 0 radical (unpaired) electrons. The second kappa shape index (κ2) is 6.71. The molecule has 0 spiro atoms. The van der Waals surface area contributed by atoms with Crippen molar-refractivity contribution < 1.29 is 12.8 Å². The number of anilines is 1. The molecule has 0 aliphatic rings. The highest BCUT2D eigenvalue weighted by molar-refractivity contribution is 7.91. The molecule has 1 N–H and O–H groups in total. The van der Waals surface area contributed by atoms with E-state index in [1.807, 2.05) is 6.92 Å². The maximum absolute atomic E-state index is 12.9. The molecule has 0 unspecified atom stereocenters. The van der Waals surface area contributed by atoms with E-state index in [0.717, 1.165) is 5.56 Å². The van der Waals surface area contributed by atoms with Crippen LogP contribution in [0.5, 0.6) is 0 Å². The smallest absolute Gasteiger partial charge is 0.233 e. The fraction of sp³-hybridized carbons (Fsp3) is 0.118. The van der Waals surface area contributed by atoms with Crippen LogP contribution in [0.15, 0.2) is 56.8 Å². The van der Waals surface area contributed by atoms with Crippen molar-refractivity contribution in [3.63, 3.8) is 0 Å². The SMILES string of the molecule is CNc1oc(-c2ccc(Cl)cc2Cl)nc1S(=O)(=O)c1ccc(C)cc1. The Bertz CT molecular complexity index is 1030. The van der Waals surface area contributed by atoms with Gasteiger partial charge >= 0.3 is 0 Å². The van der Waals surface area contributed by atoms with E-state index in [4.69, 9.17) is 27.6 Å². The van der Waals surface area contributed by atoms with Crippen molar-refractivity contribution in [3.05, 3.63) is 58.1 Å². The maximum Gasteiger partial charge on any atom is 0.233 e. The monoisotopic (exact) mass is 396 g/mol. The first-order valence-electron chi connectivity index (χ1n) is 7.28. The minimum atomic E-state index is -3.84. The summed E-state index contributed by atoms with van der Waals surface area (Å²) in [6.07, 6.45) is 0. The number of sulfone groups is 1. The largest absolute Gasteiger partial charge is 0.419 e. The molecule has 0 amide bonds. The van der Waals surface area contributed by atoms with Crippen LogP contribution >= 0.6 is 23.2 Å². The summed E-state index contributed by atoms with van der Waals surface area (Å²) in [5.41, 5.74) is 1.41. The van der Waals surface area contributed by atoms with Gasteiger partial charge in [0, 0.05) is 12.1 Å². The molecule has 0 atom stereocenters. The molecule has 3 rings (SSSR count). The van der Waals surface area contributed by atoms with Crippen molar-refractivity contribution in [1.29, 1.82) is 0 Å². The predicted octanol–water partition coefficient (Wildman–Crippen LogP) is 4.83. The molecule has 8 heteroatoms. The Labute approximate surface area is 155 Å². The molecular weight excluding hydrogens is 383 g/mol. The lowest BCUT2D eigenvalue weighted by molar-refractivity contribution is 0.580. The van der Waals surface area contributed by atoms with Gasteiger partial charge in [-0.1, -0.05) is 40.9 Å². The van der Waals surface area contributed by atoms with E-state index in [1.165, 1.54) is 18.2 Å².